The molecular formula is C26H22ClF3N2O6S2. The smallest absolute Gasteiger partial charge is 0.491 e. The maximum absolute atomic E-state index is 13.0. The van der Waals surface area contributed by atoms with Crippen molar-refractivity contribution in [3.05, 3.63) is 70.6 Å². The molecule has 0 saturated heterocycles. The van der Waals surface area contributed by atoms with Crippen LogP contribution in [0.15, 0.2) is 60.7 Å². The number of amides is 1. The molecule has 0 fully saturated rings. The monoisotopic (exact) mass is 614 g/mol. The highest BCUT2D eigenvalue weighted by molar-refractivity contribution is 7.92. The first-order valence-electron chi connectivity index (χ1n) is 11.5. The van der Waals surface area contributed by atoms with Crippen LogP contribution < -0.4 is 24.2 Å². The van der Waals surface area contributed by atoms with E-state index in [1.165, 1.54) is 35.6 Å². The van der Waals surface area contributed by atoms with Gasteiger partial charge in [-0.05, 0) is 55.6 Å². The van der Waals surface area contributed by atoms with Crippen LogP contribution in [0.25, 0.3) is 10.1 Å². The van der Waals surface area contributed by atoms with Gasteiger partial charge >= 0.3 is 6.36 Å². The van der Waals surface area contributed by atoms with E-state index < -0.39 is 28.0 Å². The highest BCUT2D eigenvalue weighted by atomic mass is 35.5. The summed E-state index contributed by atoms with van der Waals surface area (Å²) in [4.78, 5) is 13.3. The molecule has 3 aromatic carbocycles. The lowest BCUT2D eigenvalue weighted by molar-refractivity contribution is -0.274. The second kappa shape index (κ2) is 11.4. The summed E-state index contributed by atoms with van der Waals surface area (Å²) in [5.41, 5.74) is 0.633. The number of sulfonamides is 1. The molecule has 1 heterocycles. The van der Waals surface area contributed by atoms with Crippen LogP contribution in [-0.2, 0) is 10.0 Å². The third kappa shape index (κ3) is 8.41. The third-order valence-electron chi connectivity index (χ3n) is 4.87. The Balaban J connectivity index is 1.55. The number of benzene rings is 3. The summed E-state index contributed by atoms with van der Waals surface area (Å²) in [5, 5.41) is 3.58. The van der Waals surface area contributed by atoms with Gasteiger partial charge in [-0.2, -0.15) is 0 Å². The molecule has 0 unspecified atom stereocenters. The number of nitrogens with one attached hydrogen (secondary N) is 2. The average Bonchev–Trinajstić information content (AvgIpc) is 3.19. The standard InChI is InChI=1S/C26H22ClF3N2O6S2/c1-14(2)36-20-11-21(13-22(12-20)38-26(28,29)30)37-19-9-16(27)8-18(10-19)31-25(33)24-7-15-6-17(32-40(3,34)35)4-5-23(15)39-24/h4-14,32H,1-3H3,(H,31,33). The maximum Gasteiger partial charge on any atom is 0.573 e. The normalized spacial score (nSPS) is 11.9. The lowest BCUT2D eigenvalue weighted by Crippen LogP contribution is -2.17. The lowest BCUT2D eigenvalue weighted by Gasteiger charge is -2.16. The summed E-state index contributed by atoms with van der Waals surface area (Å²) in [5.74, 6) is -0.770. The molecule has 0 saturated carbocycles. The summed E-state index contributed by atoms with van der Waals surface area (Å²) in [6, 6.07) is 14.4. The van der Waals surface area contributed by atoms with Crippen LogP contribution in [0.4, 0.5) is 24.5 Å². The predicted molar refractivity (Wildman–Crippen MR) is 149 cm³/mol. The van der Waals surface area contributed by atoms with Gasteiger partial charge in [0.25, 0.3) is 5.91 Å². The Bertz CT molecular complexity index is 1670. The van der Waals surface area contributed by atoms with Crippen molar-refractivity contribution in [3.63, 3.8) is 0 Å². The number of fused-ring (bicyclic) bond motifs is 1. The van der Waals surface area contributed by atoms with E-state index in [1.54, 1.807) is 38.1 Å². The highest BCUT2D eigenvalue weighted by Crippen LogP contribution is 2.36. The van der Waals surface area contributed by atoms with Crippen molar-refractivity contribution in [2.45, 2.75) is 26.3 Å². The largest absolute Gasteiger partial charge is 0.573 e. The average molecular weight is 615 g/mol. The SMILES string of the molecule is CC(C)Oc1cc(Oc2cc(Cl)cc(NC(=O)c3cc4cc(NS(C)(=O)=O)ccc4s3)c2)cc(OC(F)(F)F)c1. The molecule has 0 atom stereocenters. The van der Waals surface area contributed by atoms with E-state index in [4.69, 9.17) is 21.1 Å². The van der Waals surface area contributed by atoms with Crippen LogP contribution in [0.1, 0.15) is 23.5 Å². The van der Waals surface area contributed by atoms with Crippen molar-refractivity contribution in [2.75, 3.05) is 16.3 Å². The minimum Gasteiger partial charge on any atom is -0.491 e. The number of alkyl halides is 3. The number of rotatable bonds is 9. The Labute approximate surface area is 236 Å². The van der Waals surface area contributed by atoms with Gasteiger partial charge in [0.15, 0.2) is 0 Å². The van der Waals surface area contributed by atoms with Gasteiger partial charge in [0.1, 0.15) is 23.0 Å². The number of ether oxygens (including phenoxy) is 3. The van der Waals surface area contributed by atoms with Crippen molar-refractivity contribution in [1.82, 2.24) is 0 Å². The Kier molecular flexibility index (Phi) is 8.38. The molecule has 4 rings (SSSR count). The number of carbonyl (C=O) groups is 1. The van der Waals surface area contributed by atoms with Crippen molar-refractivity contribution >= 4 is 60.3 Å². The fraction of sp³-hybridized carbons (Fsp3) is 0.192. The van der Waals surface area contributed by atoms with Crippen molar-refractivity contribution in [1.29, 1.82) is 0 Å². The summed E-state index contributed by atoms with van der Waals surface area (Å²) in [6.07, 6.45) is -4.20. The van der Waals surface area contributed by atoms with Gasteiger partial charge in [0.05, 0.1) is 17.2 Å². The summed E-state index contributed by atoms with van der Waals surface area (Å²) >= 11 is 7.42. The molecule has 0 aliphatic heterocycles. The number of hydrogen-bond acceptors (Lipinski definition) is 7. The molecule has 0 spiro atoms. The maximum atomic E-state index is 13.0. The van der Waals surface area contributed by atoms with Crippen LogP contribution >= 0.6 is 22.9 Å². The lowest BCUT2D eigenvalue weighted by atomic mass is 10.2. The summed E-state index contributed by atoms with van der Waals surface area (Å²) in [6.45, 7) is 3.43. The van der Waals surface area contributed by atoms with Gasteiger partial charge < -0.3 is 19.5 Å². The molecule has 0 bridgehead atoms. The van der Waals surface area contributed by atoms with E-state index in [2.05, 4.69) is 14.8 Å². The molecule has 0 radical (unpaired) electrons. The molecule has 14 heteroatoms. The first-order chi connectivity index (χ1) is 18.6. The van der Waals surface area contributed by atoms with Crippen LogP contribution in [0.2, 0.25) is 5.02 Å². The topological polar surface area (TPSA) is 103 Å². The van der Waals surface area contributed by atoms with E-state index in [9.17, 15) is 26.4 Å². The molecule has 0 aliphatic rings. The number of carbonyl (C=O) groups excluding carboxylic acids is 1. The Morgan fingerprint density at radius 3 is 2.27 bits per heavy atom. The number of thiophene rings is 1. The van der Waals surface area contributed by atoms with Crippen molar-refractivity contribution in [3.8, 4) is 23.0 Å². The number of anilines is 2. The van der Waals surface area contributed by atoms with E-state index in [0.29, 0.717) is 16.0 Å². The van der Waals surface area contributed by atoms with Gasteiger partial charge in [0.2, 0.25) is 10.0 Å². The van der Waals surface area contributed by atoms with Crippen LogP contribution in [0, 0.1) is 0 Å². The van der Waals surface area contributed by atoms with Crippen molar-refractivity contribution in [2.24, 2.45) is 0 Å². The van der Waals surface area contributed by atoms with Gasteiger partial charge in [0, 0.05) is 45.4 Å². The Morgan fingerprint density at radius 1 is 0.925 bits per heavy atom. The van der Waals surface area contributed by atoms with Crippen LogP contribution in [-0.4, -0.2) is 33.0 Å². The van der Waals surface area contributed by atoms with E-state index in [-0.39, 0.29) is 34.1 Å². The number of halogens is 4. The minimum atomic E-state index is -4.92. The molecule has 4 aromatic rings. The van der Waals surface area contributed by atoms with Gasteiger partial charge in [-0.25, -0.2) is 8.42 Å². The van der Waals surface area contributed by atoms with Gasteiger partial charge in [-0.1, -0.05) is 11.6 Å². The quantitative estimate of drug-likeness (QED) is 0.201. The number of hydrogen-bond donors (Lipinski definition) is 2. The third-order valence-corrected chi connectivity index (χ3v) is 6.81. The zero-order valence-corrected chi connectivity index (χ0v) is 23.5. The van der Waals surface area contributed by atoms with E-state index in [1.807, 2.05) is 0 Å². The summed E-state index contributed by atoms with van der Waals surface area (Å²) < 4.78 is 79.9. The van der Waals surface area contributed by atoms with Crippen LogP contribution in [0.5, 0.6) is 23.0 Å². The predicted octanol–water partition coefficient (Wildman–Crippen LogP) is 7.66. The first kappa shape index (κ1) is 29.3. The van der Waals surface area contributed by atoms with E-state index >= 15 is 0 Å². The molecule has 212 valence electrons. The zero-order chi connectivity index (χ0) is 29.2. The summed E-state index contributed by atoms with van der Waals surface area (Å²) in [7, 11) is -3.46. The Hall–Kier alpha value is -3.68. The Morgan fingerprint density at radius 2 is 1.60 bits per heavy atom. The molecule has 1 aromatic heterocycles. The fourth-order valence-corrected chi connectivity index (χ4v) is 5.31. The molecule has 8 nitrogen and oxygen atoms in total. The van der Waals surface area contributed by atoms with Crippen molar-refractivity contribution < 1.29 is 40.6 Å². The highest BCUT2D eigenvalue weighted by Gasteiger charge is 2.31. The van der Waals surface area contributed by atoms with Gasteiger partial charge in [-0.15, -0.1) is 24.5 Å². The van der Waals surface area contributed by atoms with Crippen LogP contribution in [0.3, 0.4) is 0 Å². The second-order valence-electron chi connectivity index (χ2n) is 8.82. The molecule has 0 aliphatic carbocycles. The second-order valence-corrected chi connectivity index (χ2v) is 12.1. The fourth-order valence-electron chi connectivity index (χ4n) is 3.59. The van der Waals surface area contributed by atoms with E-state index in [0.717, 1.165) is 23.1 Å². The molecule has 40 heavy (non-hydrogen) atoms. The minimum absolute atomic E-state index is 0.0139. The molecule has 1 amide bonds. The molecular weight excluding hydrogens is 593 g/mol. The molecule has 2 N–H and O–H groups in total. The first-order valence-corrected chi connectivity index (χ1v) is 14.6. The van der Waals surface area contributed by atoms with Gasteiger partial charge in [-0.3, -0.25) is 9.52 Å². The zero-order valence-electron chi connectivity index (χ0n) is 21.1.